The number of hydrogen-bond donors (Lipinski definition) is 0. The molecular weight excluding hydrogens is 226 g/mol. The van der Waals surface area contributed by atoms with Crippen molar-refractivity contribution < 1.29 is 4.74 Å². The molecule has 0 fully saturated rings. The highest BCUT2D eigenvalue weighted by Crippen LogP contribution is 2.22. The van der Waals surface area contributed by atoms with Crippen LogP contribution in [0.25, 0.3) is 11.4 Å². The van der Waals surface area contributed by atoms with Gasteiger partial charge in [-0.2, -0.15) is 0 Å². The maximum absolute atomic E-state index is 5.85. The van der Waals surface area contributed by atoms with Crippen molar-refractivity contribution in [3.05, 3.63) is 35.1 Å². The van der Waals surface area contributed by atoms with Crippen LogP contribution in [0.15, 0.2) is 24.3 Å². The van der Waals surface area contributed by atoms with Gasteiger partial charge in [0.1, 0.15) is 6.61 Å². The first-order valence-corrected chi connectivity index (χ1v) is 5.48. The van der Waals surface area contributed by atoms with E-state index in [9.17, 15) is 0 Å². The van der Waals surface area contributed by atoms with Gasteiger partial charge in [-0.1, -0.05) is 11.6 Å². The Kier molecular flexibility index (Phi) is 2.38. The van der Waals surface area contributed by atoms with Crippen molar-refractivity contribution in [2.75, 3.05) is 6.61 Å². The first-order chi connectivity index (χ1) is 7.84. The van der Waals surface area contributed by atoms with Gasteiger partial charge in [0.25, 0.3) is 0 Å². The molecule has 16 heavy (non-hydrogen) atoms. The summed E-state index contributed by atoms with van der Waals surface area (Å²) in [5.41, 5.74) is 1.03. The lowest BCUT2D eigenvalue weighted by Gasteiger charge is -2.15. The van der Waals surface area contributed by atoms with E-state index in [-0.39, 0.29) is 0 Å². The van der Waals surface area contributed by atoms with Crippen LogP contribution in [-0.2, 0) is 17.9 Å². The van der Waals surface area contributed by atoms with Crippen molar-refractivity contribution in [1.82, 2.24) is 14.8 Å². The fourth-order valence-corrected chi connectivity index (χ4v) is 1.93. The van der Waals surface area contributed by atoms with Gasteiger partial charge in [-0.05, 0) is 24.3 Å². The quantitative estimate of drug-likeness (QED) is 0.760. The molecule has 0 saturated heterocycles. The molecule has 0 unspecified atom stereocenters. The smallest absolute Gasteiger partial charge is 0.164 e. The highest BCUT2D eigenvalue weighted by Gasteiger charge is 2.16. The van der Waals surface area contributed by atoms with E-state index in [2.05, 4.69) is 14.8 Å². The average molecular weight is 236 g/mol. The second-order valence-corrected chi connectivity index (χ2v) is 4.09. The standard InChI is InChI=1S/C11H10ClN3O/c12-9-3-1-8(2-4-9)11-14-13-10-7-16-6-5-15(10)11/h1-4H,5-7H2. The van der Waals surface area contributed by atoms with Gasteiger partial charge in [0, 0.05) is 17.1 Å². The van der Waals surface area contributed by atoms with Crippen LogP contribution in [0, 0.1) is 0 Å². The number of aromatic nitrogens is 3. The highest BCUT2D eigenvalue weighted by molar-refractivity contribution is 6.30. The molecule has 1 aliphatic heterocycles. The van der Waals surface area contributed by atoms with Crippen molar-refractivity contribution in [2.45, 2.75) is 13.2 Å². The van der Waals surface area contributed by atoms with Crippen molar-refractivity contribution in [3.8, 4) is 11.4 Å². The normalized spacial score (nSPS) is 14.8. The SMILES string of the molecule is Clc1ccc(-c2nnc3n2CCOC3)cc1. The molecule has 3 rings (SSSR count). The van der Waals surface area contributed by atoms with Crippen molar-refractivity contribution in [2.24, 2.45) is 0 Å². The zero-order chi connectivity index (χ0) is 11.0. The average Bonchev–Trinajstić information content (AvgIpc) is 2.74. The summed E-state index contributed by atoms with van der Waals surface area (Å²) < 4.78 is 7.41. The Hall–Kier alpha value is -1.39. The van der Waals surface area contributed by atoms with E-state index < -0.39 is 0 Å². The lowest BCUT2D eigenvalue weighted by atomic mass is 10.2. The maximum Gasteiger partial charge on any atom is 0.164 e. The molecule has 0 bridgehead atoms. The molecule has 1 aromatic heterocycles. The highest BCUT2D eigenvalue weighted by atomic mass is 35.5. The predicted molar refractivity (Wildman–Crippen MR) is 60.1 cm³/mol. The number of hydrogen-bond acceptors (Lipinski definition) is 3. The summed E-state index contributed by atoms with van der Waals surface area (Å²) in [4.78, 5) is 0. The summed E-state index contributed by atoms with van der Waals surface area (Å²) >= 11 is 5.85. The summed E-state index contributed by atoms with van der Waals surface area (Å²) in [7, 11) is 0. The van der Waals surface area contributed by atoms with Crippen LogP contribution in [0.2, 0.25) is 5.02 Å². The predicted octanol–water partition coefficient (Wildman–Crippen LogP) is 2.13. The van der Waals surface area contributed by atoms with Gasteiger partial charge in [-0.15, -0.1) is 10.2 Å². The van der Waals surface area contributed by atoms with Crippen molar-refractivity contribution in [3.63, 3.8) is 0 Å². The van der Waals surface area contributed by atoms with Crippen LogP contribution in [0.4, 0.5) is 0 Å². The molecule has 2 aromatic rings. The third-order valence-corrected chi connectivity index (χ3v) is 2.87. The molecule has 1 aromatic carbocycles. The Morgan fingerprint density at radius 3 is 2.81 bits per heavy atom. The molecule has 0 N–H and O–H groups in total. The molecular formula is C11H10ClN3O. The van der Waals surface area contributed by atoms with E-state index in [1.54, 1.807) is 0 Å². The number of ether oxygens (including phenoxy) is 1. The van der Waals surface area contributed by atoms with Gasteiger partial charge in [-0.25, -0.2) is 0 Å². The fraction of sp³-hybridized carbons (Fsp3) is 0.273. The van der Waals surface area contributed by atoms with E-state index in [1.165, 1.54) is 0 Å². The number of rotatable bonds is 1. The van der Waals surface area contributed by atoms with Gasteiger partial charge in [0.2, 0.25) is 0 Å². The number of halogens is 1. The topological polar surface area (TPSA) is 39.9 Å². The van der Waals surface area contributed by atoms with Crippen LogP contribution in [0.5, 0.6) is 0 Å². The van der Waals surface area contributed by atoms with Gasteiger partial charge >= 0.3 is 0 Å². The fourth-order valence-electron chi connectivity index (χ4n) is 1.81. The van der Waals surface area contributed by atoms with Crippen molar-refractivity contribution in [1.29, 1.82) is 0 Å². The Labute approximate surface area is 97.8 Å². The van der Waals surface area contributed by atoms with Gasteiger partial charge in [-0.3, -0.25) is 0 Å². The van der Waals surface area contributed by atoms with Gasteiger partial charge < -0.3 is 9.30 Å². The third-order valence-electron chi connectivity index (χ3n) is 2.62. The van der Waals surface area contributed by atoms with E-state index in [0.717, 1.165) is 28.8 Å². The minimum absolute atomic E-state index is 0.542. The largest absolute Gasteiger partial charge is 0.372 e. The molecule has 4 nitrogen and oxygen atoms in total. The Balaban J connectivity index is 2.06. The van der Waals surface area contributed by atoms with Crippen LogP contribution in [0.3, 0.4) is 0 Å². The zero-order valence-electron chi connectivity index (χ0n) is 8.56. The summed E-state index contributed by atoms with van der Waals surface area (Å²) in [6, 6.07) is 7.62. The molecule has 0 aliphatic carbocycles. The van der Waals surface area contributed by atoms with E-state index in [1.807, 2.05) is 24.3 Å². The minimum Gasteiger partial charge on any atom is -0.372 e. The summed E-state index contributed by atoms with van der Waals surface area (Å²) in [5, 5.41) is 9.03. The summed E-state index contributed by atoms with van der Waals surface area (Å²) in [5.74, 6) is 1.77. The van der Waals surface area contributed by atoms with Crippen LogP contribution in [-0.4, -0.2) is 21.4 Å². The molecule has 0 amide bonds. The van der Waals surface area contributed by atoms with Gasteiger partial charge in [0.05, 0.1) is 6.61 Å². The zero-order valence-corrected chi connectivity index (χ0v) is 9.31. The van der Waals surface area contributed by atoms with Crippen molar-refractivity contribution >= 4 is 11.6 Å². The second kappa shape index (κ2) is 3.88. The second-order valence-electron chi connectivity index (χ2n) is 3.65. The molecule has 0 radical (unpaired) electrons. The molecule has 82 valence electrons. The lowest BCUT2D eigenvalue weighted by Crippen LogP contribution is -2.17. The molecule has 0 saturated carbocycles. The maximum atomic E-state index is 5.85. The molecule has 2 heterocycles. The van der Waals surface area contributed by atoms with Crippen LogP contribution in [0.1, 0.15) is 5.82 Å². The Bertz CT molecular complexity index is 506. The third kappa shape index (κ3) is 1.60. The summed E-state index contributed by atoms with van der Waals surface area (Å²) in [6.45, 7) is 2.06. The Morgan fingerprint density at radius 2 is 2.00 bits per heavy atom. The first-order valence-electron chi connectivity index (χ1n) is 5.10. The molecule has 1 aliphatic rings. The monoisotopic (exact) mass is 235 g/mol. The minimum atomic E-state index is 0.542. The number of fused-ring (bicyclic) bond motifs is 1. The first kappa shape index (κ1) is 9.81. The summed E-state index contributed by atoms with van der Waals surface area (Å²) in [6.07, 6.45) is 0. The van der Waals surface area contributed by atoms with Crippen LogP contribution >= 0.6 is 11.6 Å². The van der Waals surface area contributed by atoms with E-state index in [4.69, 9.17) is 16.3 Å². The lowest BCUT2D eigenvalue weighted by molar-refractivity contribution is 0.0821. The van der Waals surface area contributed by atoms with Crippen LogP contribution < -0.4 is 0 Å². The number of benzene rings is 1. The van der Waals surface area contributed by atoms with Gasteiger partial charge in [0.15, 0.2) is 11.6 Å². The number of nitrogens with zero attached hydrogens (tertiary/aromatic N) is 3. The van der Waals surface area contributed by atoms with E-state index in [0.29, 0.717) is 13.2 Å². The molecule has 0 spiro atoms. The Morgan fingerprint density at radius 1 is 1.19 bits per heavy atom. The molecule has 0 atom stereocenters. The molecule has 5 heteroatoms. The van der Waals surface area contributed by atoms with E-state index >= 15 is 0 Å².